The van der Waals surface area contributed by atoms with Crippen LogP contribution in [0, 0.1) is 12.7 Å². The molecule has 2 N–H and O–H groups in total. The maximum atomic E-state index is 13.6. The zero-order chi connectivity index (χ0) is 22.9. The molecule has 2 rings (SSSR count). The Labute approximate surface area is 172 Å². The van der Waals surface area contributed by atoms with Gasteiger partial charge in [-0.3, -0.25) is 5.01 Å². The number of hydrazone groups is 1. The molecule has 6 nitrogen and oxygen atoms in total. The molecule has 0 aliphatic rings. The Hall–Kier alpha value is -2.66. The number of sulfonamides is 1. The van der Waals surface area contributed by atoms with Crippen molar-refractivity contribution in [1.29, 1.82) is 0 Å². The fourth-order valence-electron chi connectivity index (χ4n) is 2.68. The molecule has 2 aromatic carbocycles. The van der Waals surface area contributed by atoms with Crippen LogP contribution < -0.4 is 15.3 Å². The molecule has 2 aromatic rings. The second-order valence-corrected chi connectivity index (χ2v) is 8.68. The van der Waals surface area contributed by atoms with Gasteiger partial charge in [-0.05, 0) is 58.0 Å². The van der Waals surface area contributed by atoms with Gasteiger partial charge in [0.15, 0.2) is 0 Å². The lowest BCUT2D eigenvalue weighted by Gasteiger charge is -2.26. The van der Waals surface area contributed by atoms with E-state index in [1.807, 2.05) is 0 Å². The van der Waals surface area contributed by atoms with Crippen LogP contribution in [0.3, 0.4) is 0 Å². The summed E-state index contributed by atoms with van der Waals surface area (Å²) >= 11 is 0. The summed E-state index contributed by atoms with van der Waals surface area (Å²) in [4.78, 5) is 0. The van der Waals surface area contributed by atoms with Crippen LogP contribution in [0.25, 0.3) is 0 Å². The van der Waals surface area contributed by atoms with Crippen molar-refractivity contribution in [3.8, 4) is 0 Å². The standard InChI is InChI=1S/C19H22F4N4O2S/c1-12(2)26(16-7-5-6-15(20)11-16)25-14(4)17-10-13(3)8-9-18(17)27(24)30(28,29)19(21,22)23/h5-12H,24H2,1-4H3/b25-14+. The van der Waals surface area contributed by atoms with Gasteiger partial charge < -0.3 is 0 Å². The van der Waals surface area contributed by atoms with Crippen LogP contribution in [-0.4, -0.2) is 25.7 Å². The Morgan fingerprint density at radius 3 is 2.30 bits per heavy atom. The first kappa shape index (κ1) is 23.6. The number of halogens is 4. The molecule has 30 heavy (non-hydrogen) atoms. The molecule has 0 atom stereocenters. The number of aryl methyl sites for hydroxylation is 1. The number of hydrogen-bond donors (Lipinski definition) is 1. The average molecular weight is 446 g/mol. The molecule has 0 aliphatic carbocycles. The van der Waals surface area contributed by atoms with Crippen LogP contribution in [-0.2, 0) is 10.0 Å². The summed E-state index contributed by atoms with van der Waals surface area (Å²) in [6.45, 7) is 6.78. The Morgan fingerprint density at radius 1 is 1.13 bits per heavy atom. The third kappa shape index (κ3) is 4.90. The van der Waals surface area contributed by atoms with Crippen molar-refractivity contribution in [3.05, 3.63) is 59.4 Å². The number of hydrogen-bond acceptors (Lipinski definition) is 5. The minimum absolute atomic E-state index is 0.0902. The van der Waals surface area contributed by atoms with Crippen molar-refractivity contribution in [2.75, 3.05) is 9.42 Å². The van der Waals surface area contributed by atoms with E-state index >= 15 is 0 Å². The lowest BCUT2D eigenvalue weighted by molar-refractivity contribution is -0.0438. The van der Waals surface area contributed by atoms with Gasteiger partial charge >= 0.3 is 15.5 Å². The zero-order valence-electron chi connectivity index (χ0n) is 16.8. The van der Waals surface area contributed by atoms with E-state index < -0.39 is 21.3 Å². The van der Waals surface area contributed by atoms with E-state index in [9.17, 15) is 26.0 Å². The van der Waals surface area contributed by atoms with Gasteiger partial charge in [0.2, 0.25) is 0 Å². The van der Waals surface area contributed by atoms with Gasteiger partial charge in [-0.1, -0.05) is 17.7 Å². The third-order valence-corrected chi connectivity index (χ3v) is 5.45. The van der Waals surface area contributed by atoms with E-state index in [1.54, 1.807) is 26.8 Å². The van der Waals surface area contributed by atoms with E-state index in [4.69, 9.17) is 5.84 Å². The number of hydrazine groups is 1. The van der Waals surface area contributed by atoms with Gasteiger partial charge in [-0.2, -0.15) is 31.1 Å². The summed E-state index contributed by atoms with van der Waals surface area (Å²) in [7, 11) is -5.81. The summed E-state index contributed by atoms with van der Waals surface area (Å²) in [5.74, 6) is 4.90. The Morgan fingerprint density at radius 2 is 1.77 bits per heavy atom. The first-order chi connectivity index (χ1) is 13.8. The number of anilines is 2. The van der Waals surface area contributed by atoms with Crippen molar-refractivity contribution in [1.82, 2.24) is 0 Å². The molecule has 164 valence electrons. The van der Waals surface area contributed by atoms with E-state index in [0.717, 1.165) is 0 Å². The maximum Gasteiger partial charge on any atom is 0.518 e. The van der Waals surface area contributed by atoms with Gasteiger partial charge in [-0.15, -0.1) is 0 Å². The smallest absolute Gasteiger partial charge is 0.263 e. The quantitative estimate of drug-likeness (QED) is 0.311. The summed E-state index contributed by atoms with van der Waals surface area (Å²) in [6, 6.07) is 9.51. The molecule has 0 radical (unpaired) electrons. The van der Waals surface area contributed by atoms with Crippen LogP contribution in [0.1, 0.15) is 31.9 Å². The van der Waals surface area contributed by atoms with Crippen LogP contribution in [0.4, 0.5) is 28.9 Å². The van der Waals surface area contributed by atoms with E-state index in [2.05, 4.69) is 5.10 Å². The minimum atomic E-state index is -5.81. The lowest BCUT2D eigenvalue weighted by atomic mass is 10.1. The second-order valence-electron chi connectivity index (χ2n) is 6.87. The molecule has 0 aromatic heterocycles. The number of rotatable bonds is 6. The van der Waals surface area contributed by atoms with Gasteiger partial charge in [0.25, 0.3) is 0 Å². The Balaban J connectivity index is 2.61. The molecule has 0 fully saturated rings. The van der Waals surface area contributed by atoms with Crippen molar-refractivity contribution in [2.45, 2.75) is 39.2 Å². The van der Waals surface area contributed by atoms with Crippen molar-refractivity contribution < 1.29 is 26.0 Å². The molecule has 0 unspecified atom stereocenters. The number of nitrogens with zero attached hydrogens (tertiary/aromatic N) is 3. The molecule has 11 heteroatoms. The largest absolute Gasteiger partial charge is 0.518 e. The van der Waals surface area contributed by atoms with Crippen LogP contribution in [0.15, 0.2) is 47.6 Å². The number of nitrogens with two attached hydrogens (primary N) is 1. The summed E-state index contributed by atoms with van der Waals surface area (Å²) in [6.07, 6.45) is 0. The molecule has 0 amide bonds. The highest BCUT2D eigenvalue weighted by Gasteiger charge is 2.50. The molecule has 0 saturated carbocycles. The topological polar surface area (TPSA) is 79.0 Å². The predicted octanol–water partition coefficient (Wildman–Crippen LogP) is 4.30. The predicted molar refractivity (Wildman–Crippen MR) is 109 cm³/mol. The van der Waals surface area contributed by atoms with Crippen LogP contribution in [0.5, 0.6) is 0 Å². The van der Waals surface area contributed by atoms with E-state index in [-0.39, 0.29) is 27.4 Å². The fourth-order valence-corrected chi connectivity index (χ4v) is 3.32. The SMILES string of the molecule is C/C(=N\N(c1cccc(F)c1)C(C)C)c1cc(C)ccc1N(N)S(=O)(=O)C(F)(F)F. The monoisotopic (exact) mass is 446 g/mol. The molecule has 0 saturated heterocycles. The molecule has 0 spiro atoms. The van der Waals surface area contributed by atoms with Gasteiger partial charge in [0, 0.05) is 11.6 Å². The van der Waals surface area contributed by atoms with Gasteiger partial charge in [0.05, 0.1) is 17.1 Å². The van der Waals surface area contributed by atoms with Crippen molar-refractivity contribution in [3.63, 3.8) is 0 Å². The zero-order valence-corrected chi connectivity index (χ0v) is 17.6. The Bertz CT molecular complexity index is 1050. The van der Waals surface area contributed by atoms with Crippen LogP contribution >= 0.6 is 0 Å². The first-order valence-electron chi connectivity index (χ1n) is 8.83. The fraction of sp³-hybridized carbons (Fsp3) is 0.316. The first-order valence-corrected chi connectivity index (χ1v) is 10.3. The lowest BCUT2D eigenvalue weighted by Crippen LogP contribution is -2.46. The number of alkyl halides is 3. The van der Waals surface area contributed by atoms with E-state index in [0.29, 0.717) is 11.3 Å². The highest BCUT2D eigenvalue weighted by atomic mass is 32.2. The Kier molecular flexibility index (Phi) is 6.77. The molecule has 0 bridgehead atoms. The molecule has 0 aliphatic heterocycles. The highest BCUT2D eigenvalue weighted by molar-refractivity contribution is 7.93. The van der Waals surface area contributed by atoms with E-state index in [1.165, 1.54) is 48.3 Å². The molecular formula is C19H22F4N4O2S. The summed E-state index contributed by atoms with van der Waals surface area (Å²) < 4.78 is 75.8. The average Bonchev–Trinajstić information content (AvgIpc) is 2.64. The number of benzene rings is 2. The van der Waals surface area contributed by atoms with Crippen molar-refractivity contribution in [2.24, 2.45) is 10.9 Å². The maximum absolute atomic E-state index is 13.6. The van der Waals surface area contributed by atoms with Crippen molar-refractivity contribution >= 4 is 27.1 Å². The summed E-state index contributed by atoms with van der Waals surface area (Å²) in [5.41, 5.74) is -4.59. The van der Waals surface area contributed by atoms with Crippen LogP contribution in [0.2, 0.25) is 0 Å². The minimum Gasteiger partial charge on any atom is -0.263 e. The molecular weight excluding hydrogens is 424 g/mol. The van der Waals surface area contributed by atoms with Gasteiger partial charge in [0.1, 0.15) is 5.82 Å². The normalized spacial score (nSPS) is 12.9. The summed E-state index contributed by atoms with van der Waals surface area (Å²) in [5, 5.41) is 5.89. The molecule has 0 heterocycles. The third-order valence-electron chi connectivity index (χ3n) is 4.15. The second kappa shape index (κ2) is 8.60. The van der Waals surface area contributed by atoms with Gasteiger partial charge in [-0.25, -0.2) is 10.2 Å². The highest BCUT2D eigenvalue weighted by Crippen LogP contribution is 2.31.